The molecule has 4 heteroatoms. The van der Waals surface area contributed by atoms with E-state index in [4.69, 9.17) is 5.73 Å². The van der Waals surface area contributed by atoms with Crippen LogP contribution in [0, 0.1) is 13.8 Å². The predicted octanol–water partition coefficient (Wildman–Crippen LogP) is 1.91. The molecule has 2 rings (SSSR count). The Balaban J connectivity index is 2.17. The molecule has 1 aromatic carbocycles. The second-order valence-corrected chi connectivity index (χ2v) is 4.47. The zero-order valence-electron chi connectivity index (χ0n) is 10.7. The molecule has 0 spiro atoms. The van der Waals surface area contributed by atoms with Crippen molar-refractivity contribution in [3.63, 3.8) is 0 Å². The van der Waals surface area contributed by atoms with Crippen LogP contribution < -0.4 is 5.73 Å². The van der Waals surface area contributed by atoms with Gasteiger partial charge in [0, 0.05) is 12.1 Å². The van der Waals surface area contributed by atoms with Crippen molar-refractivity contribution in [1.82, 2.24) is 9.78 Å². The van der Waals surface area contributed by atoms with E-state index >= 15 is 0 Å². The molecule has 0 aliphatic carbocycles. The molecule has 0 saturated carbocycles. The first-order valence-electron chi connectivity index (χ1n) is 5.97. The van der Waals surface area contributed by atoms with Crippen LogP contribution in [-0.4, -0.2) is 15.7 Å². The maximum atomic E-state index is 10.7. The Morgan fingerprint density at radius 1 is 1.28 bits per heavy atom. The Morgan fingerprint density at radius 2 is 1.94 bits per heavy atom. The first-order valence-corrected chi connectivity index (χ1v) is 5.97. The van der Waals surface area contributed by atoms with Crippen molar-refractivity contribution in [3.8, 4) is 5.69 Å². The second kappa shape index (κ2) is 5.04. The number of hydrogen-bond acceptors (Lipinski definition) is 2. The third kappa shape index (κ3) is 2.77. The normalized spacial score (nSPS) is 10.6. The van der Waals surface area contributed by atoms with E-state index in [1.54, 1.807) is 0 Å². The van der Waals surface area contributed by atoms with Gasteiger partial charge in [0.1, 0.15) is 0 Å². The molecule has 0 atom stereocenters. The molecule has 1 aromatic heterocycles. The lowest BCUT2D eigenvalue weighted by molar-refractivity contribution is -0.117. The average molecular weight is 243 g/mol. The molecular weight excluding hydrogens is 226 g/mol. The first-order chi connectivity index (χ1) is 8.56. The van der Waals surface area contributed by atoms with Crippen molar-refractivity contribution in [1.29, 1.82) is 0 Å². The average Bonchev–Trinajstić information content (AvgIpc) is 2.66. The number of primary amides is 1. The smallest absolute Gasteiger partial charge is 0.217 e. The molecule has 1 amide bonds. The van der Waals surface area contributed by atoms with Crippen molar-refractivity contribution in [2.75, 3.05) is 0 Å². The van der Waals surface area contributed by atoms with Gasteiger partial charge < -0.3 is 5.73 Å². The molecule has 2 N–H and O–H groups in total. The zero-order chi connectivity index (χ0) is 13.1. The third-order valence-electron chi connectivity index (χ3n) is 2.85. The highest BCUT2D eigenvalue weighted by atomic mass is 16.1. The van der Waals surface area contributed by atoms with Gasteiger partial charge in [-0.1, -0.05) is 12.1 Å². The van der Waals surface area contributed by atoms with Crippen LogP contribution in [0.5, 0.6) is 0 Å². The Morgan fingerprint density at radius 3 is 2.44 bits per heavy atom. The van der Waals surface area contributed by atoms with Crippen molar-refractivity contribution in [2.24, 2.45) is 5.73 Å². The number of aromatic nitrogens is 2. The van der Waals surface area contributed by atoms with E-state index in [1.165, 1.54) is 0 Å². The molecule has 4 nitrogen and oxygen atoms in total. The van der Waals surface area contributed by atoms with Gasteiger partial charge in [0.2, 0.25) is 5.91 Å². The Hall–Kier alpha value is -2.10. The fourth-order valence-corrected chi connectivity index (χ4v) is 1.96. The Labute approximate surface area is 106 Å². The number of nitrogens with two attached hydrogens (primary N) is 1. The van der Waals surface area contributed by atoms with Crippen LogP contribution in [0.1, 0.15) is 23.4 Å². The molecule has 2 aromatic rings. The van der Waals surface area contributed by atoms with Gasteiger partial charge in [0.25, 0.3) is 0 Å². The van der Waals surface area contributed by atoms with Crippen molar-refractivity contribution >= 4 is 5.91 Å². The van der Waals surface area contributed by atoms with Crippen molar-refractivity contribution < 1.29 is 4.79 Å². The summed E-state index contributed by atoms with van der Waals surface area (Å²) in [6.07, 6.45) is 1.08. The summed E-state index contributed by atoms with van der Waals surface area (Å²) in [6, 6.07) is 10.1. The molecule has 1 heterocycles. The zero-order valence-corrected chi connectivity index (χ0v) is 10.7. The maximum Gasteiger partial charge on any atom is 0.217 e. The molecule has 94 valence electrons. The van der Waals surface area contributed by atoms with E-state index < -0.39 is 0 Å². The number of aryl methyl sites for hydroxylation is 3. The van der Waals surface area contributed by atoms with Crippen molar-refractivity contribution in [2.45, 2.75) is 26.7 Å². The van der Waals surface area contributed by atoms with Crippen LogP contribution in [0.4, 0.5) is 0 Å². The molecule has 0 saturated heterocycles. The number of carbonyl (C=O) groups is 1. The summed E-state index contributed by atoms with van der Waals surface area (Å²) in [7, 11) is 0. The van der Waals surface area contributed by atoms with Crippen molar-refractivity contribution in [3.05, 3.63) is 47.3 Å². The number of rotatable bonds is 4. The summed E-state index contributed by atoms with van der Waals surface area (Å²) >= 11 is 0. The third-order valence-corrected chi connectivity index (χ3v) is 2.85. The lowest BCUT2D eigenvalue weighted by Crippen LogP contribution is -2.11. The van der Waals surface area contributed by atoms with Gasteiger partial charge in [0.15, 0.2) is 0 Å². The summed E-state index contributed by atoms with van der Waals surface area (Å²) in [5.41, 5.74) is 9.39. The first kappa shape index (κ1) is 12.4. The standard InChI is InChI=1S/C14H17N3O/c1-10-9-11(2)17(16-10)13-6-3-12(4-7-13)5-8-14(15)18/h3-4,6-7,9H,5,8H2,1-2H3,(H2,15,18). The minimum absolute atomic E-state index is 0.266. The highest BCUT2D eigenvalue weighted by molar-refractivity contribution is 5.74. The van der Waals surface area contributed by atoms with Gasteiger partial charge in [-0.2, -0.15) is 5.10 Å². The SMILES string of the molecule is Cc1cc(C)n(-c2ccc(CCC(N)=O)cc2)n1. The van der Waals surface area contributed by atoms with Crippen LogP contribution in [0.2, 0.25) is 0 Å². The maximum absolute atomic E-state index is 10.7. The number of benzene rings is 1. The van der Waals surface area contributed by atoms with Gasteiger partial charge in [-0.25, -0.2) is 4.68 Å². The summed E-state index contributed by atoms with van der Waals surface area (Å²) in [5, 5.41) is 4.43. The lowest BCUT2D eigenvalue weighted by Gasteiger charge is -2.05. The van der Waals surface area contributed by atoms with Crippen LogP contribution in [-0.2, 0) is 11.2 Å². The number of hydrogen-bond donors (Lipinski definition) is 1. The Kier molecular flexibility index (Phi) is 3.46. The van der Waals surface area contributed by atoms with E-state index in [9.17, 15) is 4.79 Å². The fourth-order valence-electron chi connectivity index (χ4n) is 1.96. The number of carbonyl (C=O) groups excluding carboxylic acids is 1. The summed E-state index contributed by atoms with van der Waals surface area (Å²) in [4.78, 5) is 10.7. The van der Waals surface area contributed by atoms with Crippen LogP contribution >= 0.6 is 0 Å². The van der Waals surface area contributed by atoms with E-state index in [0.29, 0.717) is 12.8 Å². The number of amides is 1. The molecule has 0 unspecified atom stereocenters. The topological polar surface area (TPSA) is 60.9 Å². The van der Waals surface area contributed by atoms with Gasteiger partial charge in [-0.3, -0.25) is 4.79 Å². The molecular formula is C14H17N3O. The predicted molar refractivity (Wildman–Crippen MR) is 70.6 cm³/mol. The molecule has 0 aliphatic rings. The molecule has 0 fully saturated rings. The highest BCUT2D eigenvalue weighted by Gasteiger charge is 2.04. The quantitative estimate of drug-likeness (QED) is 0.891. The fraction of sp³-hybridized carbons (Fsp3) is 0.286. The summed E-state index contributed by atoms with van der Waals surface area (Å²) in [6.45, 7) is 4.01. The molecule has 0 aliphatic heterocycles. The molecule has 18 heavy (non-hydrogen) atoms. The van der Waals surface area contributed by atoms with E-state index in [2.05, 4.69) is 5.10 Å². The van der Waals surface area contributed by atoms with E-state index in [-0.39, 0.29) is 5.91 Å². The summed E-state index contributed by atoms with van der Waals surface area (Å²) < 4.78 is 1.91. The van der Waals surface area contributed by atoms with Gasteiger partial charge in [0.05, 0.1) is 11.4 Å². The van der Waals surface area contributed by atoms with Gasteiger partial charge in [-0.15, -0.1) is 0 Å². The van der Waals surface area contributed by atoms with Crippen LogP contribution in [0.15, 0.2) is 30.3 Å². The van der Waals surface area contributed by atoms with Gasteiger partial charge >= 0.3 is 0 Å². The number of nitrogens with zero attached hydrogens (tertiary/aromatic N) is 2. The molecule has 0 radical (unpaired) electrons. The Bertz CT molecular complexity index is 555. The minimum Gasteiger partial charge on any atom is -0.370 e. The monoisotopic (exact) mass is 243 g/mol. The lowest BCUT2D eigenvalue weighted by atomic mass is 10.1. The minimum atomic E-state index is -0.266. The van der Waals surface area contributed by atoms with E-state index in [1.807, 2.05) is 48.9 Å². The summed E-state index contributed by atoms with van der Waals surface area (Å²) in [5.74, 6) is -0.266. The van der Waals surface area contributed by atoms with Gasteiger partial charge in [-0.05, 0) is 44.0 Å². The second-order valence-electron chi connectivity index (χ2n) is 4.47. The van der Waals surface area contributed by atoms with Crippen LogP contribution in [0.25, 0.3) is 5.69 Å². The highest BCUT2D eigenvalue weighted by Crippen LogP contribution is 2.13. The largest absolute Gasteiger partial charge is 0.370 e. The molecule has 0 bridgehead atoms. The van der Waals surface area contributed by atoms with Crippen LogP contribution in [0.3, 0.4) is 0 Å². The van der Waals surface area contributed by atoms with E-state index in [0.717, 1.165) is 22.6 Å².